The van der Waals surface area contributed by atoms with Crippen molar-refractivity contribution in [2.75, 3.05) is 6.54 Å². The number of benzene rings is 1. The number of carbonyl (C=O) groups excluding carboxylic acids is 1. The maximum Gasteiger partial charge on any atom is 0.176 e. The van der Waals surface area contributed by atoms with Crippen LogP contribution in [0.3, 0.4) is 0 Å². The molecule has 1 N–H and O–H groups in total. The standard InChI is InChI=1S/C13H15NO/c1-2-10-5-3-6-11(9-10)13-12(15)7-4-8-14-13/h3-7,9,13-14H,2,8H2,1H3. The number of rotatable bonds is 2. The van der Waals surface area contributed by atoms with Gasteiger partial charge in [0.1, 0.15) is 0 Å². The molecule has 1 aromatic carbocycles. The molecule has 0 saturated heterocycles. The van der Waals surface area contributed by atoms with Crippen LogP contribution in [0.4, 0.5) is 0 Å². The van der Waals surface area contributed by atoms with E-state index in [0.717, 1.165) is 18.5 Å². The highest BCUT2D eigenvalue weighted by atomic mass is 16.1. The van der Waals surface area contributed by atoms with Gasteiger partial charge in [0.15, 0.2) is 5.78 Å². The molecule has 1 heterocycles. The Kier molecular flexibility index (Phi) is 2.97. The van der Waals surface area contributed by atoms with Gasteiger partial charge in [-0.1, -0.05) is 37.3 Å². The molecule has 2 nitrogen and oxygen atoms in total. The molecule has 2 rings (SSSR count). The van der Waals surface area contributed by atoms with E-state index >= 15 is 0 Å². The zero-order chi connectivity index (χ0) is 10.7. The summed E-state index contributed by atoms with van der Waals surface area (Å²) in [5.74, 6) is 0.148. The molecule has 0 fully saturated rings. The molecular weight excluding hydrogens is 186 g/mol. The van der Waals surface area contributed by atoms with Gasteiger partial charge in [-0.15, -0.1) is 0 Å². The molecule has 0 spiro atoms. The maximum absolute atomic E-state index is 11.6. The van der Waals surface area contributed by atoms with Crippen LogP contribution < -0.4 is 5.32 Å². The topological polar surface area (TPSA) is 29.1 Å². The van der Waals surface area contributed by atoms with Crippen LogP contribution in [0.15, 0.2) is 36.4 Å². The first-order valence-electron chi connectivity index (χ1n) is 5.34. The zero-order valence-electron chi connectivity index (χ0n) is 8.86. The summed E-state index contributed by atoms with van der Waals surface area (Å²) in [5, 5.41) is 3.20. The Morgan fingerprint density at radius 3 is 3.07 bits per heavy atom. The lowest BCUT2D eigenvalue weighted by Crippen LogP contribution is -2.31. The number of hydrogen-bond donors (Lipinski definition) is 1. The Hall–Kier alpha value is -1.41. The number of ketones is 1. The molecule has 1 aliphatic heterocycles. The molecule has 0 aliphatic carbocycles. The summed E-state index contributed by atoms with van der Waals surface area (Å²) in [6.45, 7) is 2.89. The van der Waals surface area contributed by atoms with Crippen LogP contribution in [0.1, 0.15) is 24.1 Å². The highest BCUT2D eigenvalue weighted by Gasteiger charge is 2.19. The van der Waals surface area contributed by atoms with Crippen LogP contribution in [0, 0.1) is 0 Å². The van der Waals surface area contributed by atoms with Crippen LogP contribution in [0.2, 0.25) is 0 Å². The molecule has 0 saturated carbocycles. The molecule has 0 amide bonds. The SMILES string of the molecule is CCc1cccc(C2NCC=CC2=O)c1. The average molecular weight is 201 g/mol. The molecule has 0 bridgehead atoms. The minimum Gasteiger partial charge on any atom is -0.300 e. The fourth-order valence-corrected chi connectivity index (χ4v) is 1.83. The summed E-state index contributed by atoms with van der Waals surface area (Å²) in [4.78, 5) is 11.6. The van der Waals surface area contributed by atoms with Crippen molar-refractivity contribution < 1.29 is 4.79 Å². The lowest BCUT2D eigenvalue weighted by atomic mass is 9.98. The van der Waals surface area contributed by atoms with Crippen molar-refractivity contribution in [3.8, 4) is 0 Å². The van der Waals surface area contributed by atoms with Crippen molar-refractivity contribution in [3.05, 3.63) is 47.5 Å². The largest absolute Gasteiger partial charge is 0.300 e. The first-order chi connectivity index (χ1) is 7.31. The number of nitrogens with one attached hydrogen (secondary N) is 1. The molecule has 2 heteroatoms. The molecule has 1 aliphatic rings. The van der Waals surface area contributed by atoms with E-state index in [1.54, 1.807) is 6.08 Å². The molecule has 15 heavy (non-hydrogen) atoms. The Bertz CT molecular complexity index is 395. The van der Waals surface area contributed by atoms with E-state index in [-0.39, 0.29) is 11.8 Å². The van der Waals surface area contributed by atoms with E-state index in [2.05, 4.69) is 24.4 Å². The van der Waals surface area contributed by atoms with Gasteiger partial charge in [-0.05, 0) is 23.6 Å². The van der Waals surface area contributed by atoms with Crippen LogP contribution in [-0.4, -0.2) is 12.3 Å². The van der Waals surface area contributed by atoms with Crippen LogP contribution in [-0.2, 0) is 11.2 Å². The predicted molar refractivity (Wildman–Crippen MR) is 60.7 cm³/mol. The number of aryl methyl sites for hydroxylation is 1. The first kappa shape index (κ1) is 10.1. The molecule has 78 valence electrons. The monoisotopic (exact) mass is 201 g/mol. The van der Waals surface area contributed by atoms with Crippen molar-refractivity contribution in [2.45, 2.75) is 19.4 Å². The van der Waals surface area contributed by atoms with Gasteiger partial charge < -0.3 is 0 Å². The lowest BCUT2D eigenvalue weighted by Gasteiger charge is -2.19. The highest BCUT2D eigenvalue weighted by molar-refractivity contribution is 5.95. The molecule has 1 unspecified atom stereocenters. The van der Waals surface area contributed by atoms with Gasteiger partial charge in [0, 0.05) is 6.54 Å². The minimum atomic E-state index is -0.151. The Morgan fingerprint density at radius 1 is 1.47 bits per heavy atom. The van der Waals surface area contributed by atoms with Crippen molar-refractivity contribution in [2.24, 2.45) is 0 Å². The summed E-state index contributed by atoms with van der Waals surface area (Å²) in [5.41, 5.74) is 2.35. The van der Waals surface area contributed by atoms with E-state index < -0.39 is 0 Å². The minimum absolute atomic E-state index is 0.148. The Morgan fingerprint density at radius 2 is 2.33 bits per heavy atom. The maximum atomic E-state index is 11.6. The van der Waals surface area contributed by atoms with Gasteiger partial charge in [-0.2, -0.15) is 0 Å². The van der Waals surface area contributed by atoms with Crippen molar-refractivity contribution >= 4 is 5.78 Å². The summed E-state index contributed by atoms with van der Waals surface area (Å²) < 4.78 is 0. The van der Waals surface area contributed by atoms with Crippen molar-refractivity contribution in [3.63, 3.8) is 0 Å². The third kappa shape index (κ3) is 2.16. The number of carbonyl (C=O) groups is 1. The highest BCUT2D eigenvalue weighted by Crippen LogP contribution is 2.18. The van der Waals surface area contributed by atoms with E-state index in [4.69, 9.17) is 0 Å². The van der Waals surface area contributed by atoms with E-state index in [1.807, 2.05) is 18.2 Å². The summed E-state index contributed by atoms with van der Waals surface area (Å²) >= 11 is 0. The van der Waals surface area contributed by atoms with E-state index in [9.17, 15) is 4.79 Å². The van der Waals surface area contributed by atoms with Gasteiger partial charge in [-0.3, -0.25) is 10.1 Å². The second-order valence-corrected chi connectivity index (χ2v) is 3.74. The third-order valence-electron chi connectivity index (χ3n) is 2.70. The predicted octanol–water partition coefficient (Wildman–Crippen LogP) is 2.02. The first-order valence-corrected chi connectivity index (χ1v) is 5.34. The molecule has 1 atom stereocenters. The van der Waals surface area contributed by atoms with E-state index in [1.165, 1.54) is 5.56 Å². The second kappa shape index (κ2) is 4.41. The van der Waals surface area contributed by atoms with Crippen LogP contribution in [0.5, 0.6) is 0 Å². The van der Waals surface area contributed by atoms with Gasteiger partial charge in [0.25, 0.3) is 0 Å². The van der Waals surface area contributed by atoms with Crippen molar-refractivity contribution in [1.82, 2.24) is 5.32 Å². The Labute approximate surface area is 90.0 Å². The van der Waals surface area contributed by atoms with E-state index in [0.29, 0.717) is 0 Å². The van der Waals surface area contributed by atoms with Crippen molar-refractivity contribution in [1.29, 1.82) is 0 Å². The van der Waals surface area contributed by atoms with Crippen LogP contribution >= 0.6 is 0 Å². The smallest absolute Gasteiger partial charge is 0.176 e. The molecular formula is C13H15NO. The zero-order valence-corrected chi connectivity index (χ0v) is 8.86. The second-order valence-electron chi connectivity index (χ2n) is 3.74. The van der Waals surface area contributed by atoms with Gasteiger partial charge >= 0.3 is 0 Å². The molecule has 1 aromatic rings. The fourth-order valence-electron chi connectivity index (χ4n) is 1.83. The van der Waals surface area contributed by atoms with Gasteiger partial charge in [-0.25, -0.2) is 0 Å². The van der Waals surface area contributed by atoms with Crippen LogP contribution in [0.25, 0.3) is 0 Å². The number of hydrogen-bond acceptors (Lipinski definition) is 2. The third-order valence-corrected chi connectivity index (χ3v) is 2.70. The quantitative estimate of drug-likeness (QED) is 0.793. The van der Waals surface area contributed by atoms with Gasteiger partial charge in [0.2, 0.25) is 0 Å². The average Bonchev–Trinajstić information content (AvgIpc) is 2.30. The normalized spacial score (nSPS) is 20.6. The summed E-state index contributed by atoms with van der Waals surface area (Å²) in [6, 6.07) is 8.07. The summed E-state index contributed by atoms with van der Waals surface area (Å²) in [6.07, 6.45) is 4.53. The summed E-state index contributed by atoms with van der Waals surface area (Å²) in [7, 11) is 0. The Balaban J connectivity index is 2.28. The van der Waals surface area contributed by atoms with Gasteiger partial charge in [0.05, 0.1) is 6.04 Å². The fraction of sp³-hybridized carbons (Fsp3) is 0.308. The molecule has 0 aromatic heterocycles. The molecule has 0 radical (unpaired) electrons. The lowest BCUT2D eigenvalue weighted by molar-refractivity contribution is -0.116.